The summed E-state index contributed by atoms with van der Waals surface area (Å²) < 4.78 is 0. The van der Waals surface area contributed by atoms with E-state index in [1.807, 2.05) is 6.92 Å². The first-order chi connectivity index (χ1) is 5.52. The fourth-order valence-electron chi connectivity index (χ4n) is 1.33. The molecule has 0 saturated carbocycles. The van der Waals surface area contributed by atoms with Crippen LogP contribution in [0.3, 0.4) is 0 Å². The number of carbonyl (C=O) groups excluding carboxylic acids is 1. The molecule has 0 bridgehead atoms. The van der Waals surface area contributed by atoms with Crippen molar-refractivity contribution in [2.75, 3.05) is 0 Å². The van der Waals surface area contributed by atoms with Gasteiger partial charge in [0, 0.05) is 6.42 Å². The normalized spacial score (nSPS) is 22.6. The third kappa shape index (κ3) is 2.97. The number of hydrogen-bond acceptors (Lipinski definition) is 2. The zero-order valence-corrected chi connectivity index (χ0v) is 10.5. The molecule has 0 radical (unpaired) electrons. The molecule has 66 valence electrons. The van der Waals surface area contributed by atoms with E-state index in [4.69, 9.17) is 0 Å². The first kappa shape index (κ1) is 12.9. The maximum atomic E-state index is 11.2. The molecule has 0 saturated heterocycles. The Balaban J connectivity index is 0.00000144. The van der Waals surface area contributed by atoms with Gasteiger partial charge in [-0.2, -0.15) is 0 Å². The van der Waals surface area contributed by atoms with Crippen LogP contribution in [0.2, 0.25) is 0 Å². The molecule has 1 atom stereocenters. The van der Waals surface area contributed by atoms with Gasteiger partial charge in [-0.15, -0.1) is 5.76 Å². The zero-order valence-electron chi connectivity index (χ0n) is 8.52. The van der Waals surface area contributed by atoms with Crippen LogP contribution in [0.4, 0.5) is 0 Å². The molecular formula is C10H13NaO2. The molecule has 0 spiro atoms. The van der Waals surface area contributed by atoms with Gasteiger partial charge in [0.2, 0.25) is 0 Å². The van der Waals surface area contributed by atoms with Crippen LogP contribution in [0.25, 0.3) is 0 Å². The van der Waals surface area contributed by atoms with Gasteiger partial charge in [-0.3, -0.25) is 4.79 Å². The molecule has 0 N–H and O–H groups in total. The Morgan fingerprint density at radius 1 is 1.54 bits per heavy atom. The Kier molecular flexibility index (Phi) is 4.97. The van der Waals surface area contributed by atoms with Gasteiger partial charge in [0.25, 0.3) is 0 Å². The number of rotatable bonds is 1. The van der Waals surface area contributed by atoms with E-state index >= 15 is 0 Å². The van der Waals surface area contributed by atoms with Crippen LogP contribution in [0.15, 0.2) is 23.5 Å². The topological polar surface area (TPSA) is 40.1 Å². The Labute approximate surface area is 101 Å². The van der Waals surface area contributed by atoms with Crippen molar-refractivity contribution in [1.29, 1.82) is 0 Å². The largest absolute Gasteiger partial charge is 1.00 e. The number of allylic oxidation sites excluding steroid dienone is 3. The Morgan fingerprint density at radius 3 is 2.46 bits per heavy atom. The summed E-state index contributed by atoms with van der Waals surface area (Å²) in [5, 5.41) is 11.2. The molecule has 0 fully saturated rings. The van der Waals surface area contributed by atoms with Gasteiger partial charge >= 0.3 is 29.6 Å². The van der Waals surface area contributed by atoms with Crippen LogP contribution >= 0.6 is 0 Å². The molecule has 1 unspecified atom stereocenters. The van der Waals surface area contributed by atoms with Gasteiger partial charge in [-0.25, -0.2) is 0 Å². The number of ketones is 1. The predicted molar refractivity (Wildman–Crippen MR) is 45.2 cm³/mol. The average Bonchev–Trinajstić information content (AvgIpc) is 1.99. The Morgan fingerprint density at radius 2 is 2.08 bits per heavy atom. The Hall–Kier alpha value is -0.0500. The minimum atomic E-state index is -0.0146. The van der Waals surface area contributed by atoms with E-state index in [2.05, 4.69) is 6.58 Å². The van der Waals surface area contributed by atoms with Gasteiger partial charge < -0.3 is 5.11 Å². The molecule has 1 rings (SSSR count). The predicted octanol–water partition coefficient (Wildman–Crippen LogP) is -1.82. The van der Waals surface area contributed by atoms with E-state index < -0.39 is 0 Å². The van der Waals surface area contributed by atoms with Crippen molar-refractivity contribution in [3.05, 3.63) is 23.5 Å². The molecule has 0 aromatic heterocycles. The second-order valence-electron chi connectivity index (χ2n) is 3.42. The molecule has 1 aliphatic rings. The van der Waals surface area contributed by atoms with Gasteiger partial charge in [0.15, 0.2) is 5.78 Å². The zero-order chi connectivity index (χ0) is 9.30. The molecule has 1 aliphatic carbocycles. The molecule has 0 aromatic carbocycles. The molecule has 3 heteroatoms. The molecular weight excluding hydrogens is 175 g/mol. The van der Waals surface area contributed by atoms with E-state index in [0.717, 1.165) is 5.57 Å². The van der Waals surface area contributed by atoms with Crippen LogP contribution in [0.1, 0.15) is 26.7 Å². The van der Waals surface area contributed by atoms with Gasteiger partial charge in [-0.1, -0.05) is 12.2 Å². The summed E-state index contributed by atoms with van der Waals surface area (Å²) in [6.45, 7) is 7.24. The fourth-order valence-corrected chi connectivity index (χ4v) is 1.33. The second-order valence-corrected chi connectivity index (χ2v) is 3.42. The summed E-state index contributed by atoms with van der Waals surface area (Å²) in [6.07, 6.45) is 0.930. The van der Waals surface area contributed by atoms with Gasteiger partial charge in [0.1, 0.15) is 0 Å². The van der Waals surface area contributed by atoms with E-state index in [-0.39, 0.29) is 47.0 Å². The van der Waals surface area contributed by atoms with Crippen molar-refractivity contribution in [2.24, 2.45) is 5.92 Å². The number of carbonyl (C=O) groups is 1. The van der Waals surface area contributed by atoms with Gasteiger partial charge in [-0.05, 0) is 31.8 Å². The summed E-state index contributed by atoms with van der Waals surface area (Å²) >= 11 is 0. The molecule has 2 nitrogen and oxygen atoms in total. The Bertz CT molecular complexity index is 266. The minimum absolute atomic E-state index is 0. The van der Waals surface area contributed by atoms with Crippen LogP contribution in [0.5, 0.6) is 0 Å². The summed E-state index contributed by atoms with van der Waals surface area (Å²) in [5.41, 5.74) is 1.34. The van der Waals surface area contributed by atoms with Crippen LogP contribution in [-0.4, -0.2) is 5.78 Å². The first-order valence-electron chi connectivity index (χ1n) is 4.07. The molecule has 0 aliphatic heterocycles. The molecule has 0 heterocycles. The molecule has 0 aromatic rings. The van der Waals surface area contributed by atoms with Crippen molar-refractivity contribution in [2.45, 2.75) is 26.7 Å². The quantitative estimate of drug-likeness (QED) is 0.359. The van der Waals surface area contributed by atoms with Crippen molar-refractivity contribution in [3.63, 3.8) is 0 Å². The van der Waals surface area contributed by atoms with Crippen LogP contribution in [0, 0.1) is 5.92 Å². The van der Waals surface area contributed by atoms with Gasteiger partial charge in [0.05, 0.1) is 0 Å². The van der Waals surface area contributed by atoms with Crippen molar-refractivity contribution < 1.29 is 39.5 Å². The van der Waals surface area contributed by atoms with Crippen molar-refractivity contribution >= 4 is 5.78 Å². The molecule has 13 heavy (non-hydrogen) atoms. The second kappa shape index (κ2) is 4.99. The van der Waals surface area contributed by atoms with Crippen LogP contribution in [-0.2, 0) is 4.79 Å². The minimum Gasteiger partial charge on any atom is -0.875 e. The smallest absolute Gasteiger partial charge is 0.875 e. The van der Waals surface area contributed by atoms with Crippen molar-refractivity contribution in [1.82, 2.24) is 0 Å². The monoisotopic (exact) mass is 188 g/mol. The summed E-state index contributed by atoms with van der Waals surface area (Å²) in [7, 11) is 0. The number of hydrogen-bond donors (Lipinski definition) is 0. The third-order valence-corrected chi connectivity index (χ3v) is 2.40. The first-order valence-corrected chi connectivity index (χ1v) is 4.07. The summed E-state index contributed by atoms with van der Waals surface area (Å²) in [4.78, 5) is 11.2. The molecule has 0 amide bonds. The van der Waals surface area contributed by atoms with E-state index in [1.165, 1.54) is 0 Å². The maximum Gasteiger partial charge on any atom is 1.00 e. The summed E-state index contributed by atoms with van der Waals surface area (Å²) in [6, 6.07) is 0. The SMILES string of the molecule is C=C(C)C1CC(=O)C(C)=C([O-])C1.[Na+]. The van der Waals surface area contributed by atoms with E-state index in [9.17, 15) is 9.90 Å². The number of Topliss-reactive ketones (excluding diaryl/α,β-unsaturated/α-hetero) is 1. The maximum absolute atomic E-state index is 11.2. The van der Waals surface area contributed by atoms with Crippen LogP contribution < -0.4 is 34.7 Å². The fraction of sp³-hybridized carbons (Fsp3) is 0.500. The summed E-state index contributed by atoms with van der Waals surface area (Å²) in [5.74, 6) is 0.0483. The third-order valence-electron chi connectivity index (χ3n) is 2.40. The van der Waals surface area contributed by atoms with E-state index in [1.54, 1.807) is 6.92 Å². The standard InChI is InChI=1S/C10H14O2.Na/c1-6(2)8-4-9(11)7(3)10(12)5-8;/h8,11H,1,4-5H2,2-3H3;/q;+1/p-1. The average molecular weight is 188 g/mol. The van der Waals surface area contributed by atoms with Crippen molar-refractivity contribution in [3.8, 4) is 0 Å². The van der Waals surface area contributed by atoms with E-state index in [0.29, 0.717) is 18.4 Å².